The Labute approximate surface area is 179 Å². The van der Waals surface area contributed by atoms with Crippen LogP contribution >= 0.6 is 0 Å². The Morgan fingerprint density at radius 1 is 1.13 bits per heavy atom. The number of anilines is 2. The van der Waals surface area contributed by atoms with Gasteiger partial charge in [0.2, 0.25) is 0 Å². The van der Waals surface area contributed by atoms with Crippen LogP contribution in [-0.4, -0.2) is 26.8 Å². The Hall–Kier alpha value is -4.13. The molecule has 0 bridgehead atoms. The summed E-state index contributed by atoms with van der Waals surface area (Å²) < 4.78 is 1.60. The summed E-state index contributed by atoms with van der Waals surface area (Å²) in [4.78, 5) is 24.6. The number of hydrogen-bond acceptors (Lipinski definition) is 4. The van der Waals surface area contributed by atoms with Gasteiger partial charge in [-0.05, 0) is 48.7 Å². The predicted molar refractivity (Wildman–Crippen MR) is 120 cm³/mol. The molecule has 156 valence electrons. The van der Waals surface area contributed by atoms with E-state index in [1.54, 1.807) is 10.8 Å². The molecule has 3 N–H and O–H groups in total. The lowest BCUT2D eigenvalue weighted by Gasteiger charge is -2.22. The zero-order valence-electron chi connectivity index (χ0n) is 17.2. The maximum atomic E-state index is 12.9. The summed E-state index contributed by atoms with van der Waals surface area (Å²) in [5.74, 6) is -1.13. The highest BCUT2D eigenvalue weighted by Gasteiger charge is 2.27. The van der Waals surface area contributed by atoms with Crippen molar-refractivity contribution in [1.82, 2.24) is 9.78 Å². The first-order valence-corrected chi connectivity index (χ1v) is 9.83. The fraction of sp³-hybridized carbons (Fsp3) is 0.125. The molecule has 2 heterocycles. The second-order valence-electron chi connectivity index (χ2n) is 7.45. The number of aromatic nitrogens is 2. The number of benzene rings is 2. The van der Waals surface area contributed by atoms with E-state index < -0.39 is 12.0 Å². The van der Waals surface area contributed by atoms with Gasteiger partial charge in [0.05, 0.1) is 12.2 Å². The number of aliphatic carboxylic acids is 1. The van der Waals surface area contributed by atoms with E-state index in [1.165, 1.54) is 6.20 Å². The van der Waals surface area contributed by atoms with E-state index in [2.05, 4.69) is 15.7 Å². The van der Waals surface area contributed by atoms with Crippen molar-refractivity contribution in [3.8, 4) is 0 Å². The van der Waals surface area contributed by atoms with Crippen molar-refractivity contribution in [2.75, 3.05) is 10.6 Å². The van der Waals surface area contributed by atoms with Crippen LogP contribution in [-0.2, 0) is 4.79 Å². The first-order valence-electron chi connectivity index (χ1n) is 9.83. The molecule has 0 spiro atoms. The van der Waals surface area contributed by atoms with Crippen LogP contribution in [0.25, 0.3) is 6.08 Å². The van der Waals surface area contributed by atoms with Crippen LogP contribution < -0.4 is 10.6 Å². The molecule has 7 heteroatoms. The molecule has 7 nitrogen and oxygen atoms in total. The number of fused-ring (bicyclic) bond motifs is 1. The lowest BCUT2D eigenvalue weighted by atomic mass is 10.1. The highest BCUT2D eigenvalue weighted by molar-refractivity contribution is 6.08. The van der Waals surface area contributed by atoms with E-state index in [1.807, 2.05) is 74.5 Å². The highest BCUT2D eigenvalue weighted by atomic mass is 16.4. The van der Waals surface area contributed by atoms with Gasteiger partial charge in [-0.15, -0.1) is 0 Å². The Kier molecular flexibility index (Phi) is 5.41. The minimum atomic E-state index is -1.11. The Bertz CT molecular complexity index is 1190. The molecule has 31 heavy (non-hydrogen) atoms. The summed E-state index contributed by atoms with van der Waals surface area (Å²) in [6.07, 6.45) is 6.75. The maximum absolute atomic E-state index is 12.9. The standard InChI is InChI=1S/C24H22N4O3/c1-15-10-16(2)12-18(11-15)26-23(29)20-14-25-28-19(9-8-17-6-4-3-5-7-17)13-21(24(30)31)27-22(20)28/h3-14,19,27H,1-2H3,(H,26,29)(H,30,31)/b9-8+. The quantitative estimate of drug-likeness (QED) is 0.575. The average molecular weight is 414 g/mol. The summed E-state index contributed by atoms with van der Waals surface area (Å²) in [7, 11) is 0. The van der Waals surface area contributed by atoms with Gasteiger partial charge in [0.25, 0.3) is 5.91 Å². The van der Waals surface area contributed by atoms with E-state index in [0.717, 1.165) is 16.7 Å². The van der Waals surface area contributed by atoms with Crippen LogP contribution in [0.5, 0.6) is 0 Å². The number of carboxylic acids is 1. The summed E-state index contributed by atoms with van der Waals surface area (Å²) in [5, 5.41) is 19.6. The van der Waals surface area contributed by atoms with Gasteiger partial charge in [-0.2, -0.15) is 5.10 Å². The molecule has 0 radical (unpaired) electrons. The first kappa shape index (κ1) is 20.2. The topological polar surface area (TPSA) is 96.3 Å². The van der Waals surface area contributed by atoms with Crippen LogP contribution in [0.3, 0.4) is 0 Å². The normalized spacial score (nSPS) is 15.2. The Morgan fingerprint density at radius 3 is 2.52 bits per heavy atom. The molecule has 2 aromatic carbocycles. The molecule has 4 rings (SSSR count). The molecule has 1 aliphatic rings. The van der Waals surface area contributed by atoms with Crippen molar-refractivity contribution in [3.05, 3.63) is 94.8 Å². The second kappa shape index (κ2) is 8.31. The van der Waals surface area contributed by atoms with Gasteiger partial charge < -0.3 is 15.7 Å². The molecule has 3 aromatic rings. The first-order chi connectivity index (χ1) is 14.9. The average Bonchev–Trinajstić information content (AvgIpc) is 3.16. The third-order valence-corrected chi connectivity index (χ3v) is 4.91. The highest BCUT2D eigenvalue weighted by Crippen LogP contribution is 2.30. The third-order valence-electron chi connectivity index (χ3n) is 4.91. The molecule has 0 saturated heterocycles. The van der Waals surface area contributed by atoms with Gasteiger partial charge in [0.1, 0.15) is 17.1 Å². The number of carbonyl (C=O) groups is 2. The molecule has 1 atom stereocenters. The predicted octanol–water partition coefficient (Wildman–Crippen LogP) is 4.40. The zero-order valence-corrected chi connectivity index (χ0v) is 17.2. The molecule has 1 aromatic heterocycles. The van der Waals surface area contributed by atoms with Gasteiger partial charge in [-0.25, -0.2) is 9.48 Å². The summed E-state index contributed by atoms with van der Waals surface area (Å²) in [6, 6.07) is 15.0. The Morgan fingerprint density at radius 2 is 1.84 bits per heavy atom. The number of nitrogens with one attached hydrogen (secondary N) is 2. The minimum absolute atomic E-state index is 0.00355. The van der Waals surface area contributed by atoms with Crippen molar-refractivity contribution in [2.45, 2.75) is 19.9 Å². The van der Waals surface area contributed by atoms with Crippen LogP contribution in [0, 0.1) is 13.8 Å². The molecule has 0 saturated carbocycles. The van der Waals surface area contributed by atoms with Crippen molar-refractivity contribution < 1.29 is 14.7 Å². The summed E-state index contributed by atoms with van der Waals surface area (Å²) in [6.45, 7) is 3.92. The molecule has 1 aliphatic heterocycles. The second-order valence-corrected chi connectivity index (χ2v) is 7.45. The fourth-order valence-electron chi connectivity index (χ4n) is 3.57. The maximum Gasteiger partial charge on any atom is 0.352 e. The number of amides is 1. The lowest BCUT2D eigenvalue weighted by Crippen LogP contribution is -2.24. The fourth-order valence-corrected chi connectivity index (χ4v) is 3.57. The van der Waals surface area contributed by atoms with Crippen molar-refractivity contribution in [1.29, 1.82) is 0 Å². The van der Waals surface area contributed by atoms with Gasteiger partial charge >= 0.3 is 5.97 Å². The monoisotopic (exact) mass is 414 g/mol. The number of nitrogens with zero attached hydrogens (tertiary/aromatic N) is 2. The van der Waals surface area contributed by atoms with Gasteiger partial charge in [-0.3, -0.25) is 4.79 Å². The lowest BCUT2D eigenvalue weighted by molar-refractivity contribution is -0.132. The number of allylic oxidation sites excluding steroid dienone is 2. The van der Waals surface area contributed by atoms with Crippen LogP contribution in [0.15, 0.2) is 72.6 Å². The van der Waals surface area contributed by atoms with Crippen LogP contribution in [0.2, 0.25) is 0 Å². The molecule has 1 unspecified atom stereocenters. The van der Waals surface area contributed by atoms with Crippen molar-refractivity contribution >= 4 is 29.5 Å². The van der Waals surface area contributed by atoms with Crippen LogP contribution in [0.4, 0.5) is 11.5 Å². The van der Waals surface area contributed by atoms with Crippen molar-refractivity contribution in [3.63, 3.8) is 0 Å². The molecular weight excluding hydrogens is 392 g/mol. The number of aryl methyl sites for hydroxylation is 2. The zero-order chi connectivity index (χ0) is 22.0. The Balaban J connectivity index is 1.65. The number of carbonyl (C=O) groups excluding carboxylic acids is 1. The SMILES string of the molecule is Cc1cc(C)cc(NC(=O)c2cnn3c2NC(C(=O)O)=CC3/C=C/c2ccccc2)c1. The molecular formula is C24H22N4O3. The van der Waals surface area contributed by atoms with E-state index >= 15 is 0 Å². The number of hydrogen-bond donors (Lipinski definition) is 3. The van der Waals surface area contributed by atoms with E-state index in [-0.39, 0.29) is 17.2 Å². The number of carboxylic acid groups (broad SMARTS) is 1. The largest absolute Gasteiger partial charge is 0.477 e. The van der Waals surface area contributed by atoms with E-state index in [9.17, 15) is 14.7 Å². The van der Waals surface area contributed by atoms with Gasteiger partial charge in [0, 0.05) is 5.69 Å². The third kappa shape index (κ3) is 4.40. The summed E-state index contributed by atoms with van der Waals surface area (Å²) >= 11 is 0. The minimum Gasteiger partial charge on any atom is -0.477 e. The molecule has 0 aliphatic carbocycles. The van der Waals surface area contributed by atoms with Gasteiger partial charge in [-0.1, -0.05) is 48.6 Å². The molecule has 1 amide bonds. The number of rotatable bonds is 5. The van der Waals surface area contributed by atoms with Crippen molar-refractivity contribution in [2.24, 2.45) is 0 Å². The van der Waals surface area contributed by atoms with E-state index in [0.29, 0.717) is 11.5 Å². The molecule has 0 fully saturated rings. The van der Waals surface area contributed by atoms with E-state index in [4.69, 9.17) is 0 Å². The smallest absolute Gasteiger partial charge is 0.352 e. The van der Waals surface area contributed by atoms with Gasteiger partial charge in [0.15, 0.2) is 0 Å². The van der Waals surface area contributed by atoms with Crippen LogP contribution in [0.1, 0.15) is 33.1 Å². The summed E-state index contributed by atoms with van der Waals surface area (Å²) in [5.41, 5.74) is 3.99.